The van der Waals surface area contributed by atoms with Crippen LogP contribution in [-0.2, 0) is 21.3 Å². The van der Waals surface area contributed by atoms with Gasteiger partial charge in [-0.05, 0) is 19.4 Å². The minimum atomic E-state index is -1.38. The van der Waals surface area contributed by atoms with Crippen LogP contribution in [0.2, 0.25) is 0 Å². The Balaban J connectivity index is 2.58. The van der Waals surface area contributed by atoms with Gasteiger partial charge in [-0.3, -0.25) is 13.7 Å². The standard InChI is InChI=1S/C10H16N2O3S/c1-3-8(2)12-5-4-9(11-12)6-16(15)7-10(13)14/h4-5,8H,3,6-7H2,1-2H3,(H,13,14). The maximum atomic E-state index is 11.4. The fraction of sp³-hybridized carbons (Fsp3) is 0.600. The zero-order chi connectivity index (χ0) is 12.1. The summed E-state index contributed by atoms with van der Waals surface area (Å²) in [4.78, 5) is 10.3. The van der Waals surface area contributed by atoms with E-state index in [9.17, 15) is 9.00 Å². The third-order valence-electron chi connectivity index (χ3n) is 2.30. The highest BCUT2D eigenvalue weighted by atomic mass is 32.2. The first-order valence-electron chi connectivity index (χ1n) is 5.13. The maximum Gasteiger partial charge on any atom is 0.316 e. The Labute approximate surface area is 96.9 Å². The van der Waals surface area contributed by atoms with Crippen molar-refractivity contribution < 1.29 is 14.1 Å². The van der Waals surface area contributed by atoms with Gasteiger partial charge in [0.2, 0.25) is 0 Å². The molecule has 5 nitrogen and oxygen atoms in total. The number of rotatable bonds is 6. The van der Waals surface area contributed by atoms with Crippen molar-refractivity contribution in [1.82, 2.24) is 9.78 Å². The van der Waals surface area contributed by atoms with Crippen LogP contribution in [0.3, 0.4) is 0 Å². The zero-order valence-corrected chi connectivity index (χ0v) is 10.2. The van der Waals surface area contributed by atoms with Gasteiger partial charge in [0.25, 0.3) is 0 Å². The molecule has 2 unspecified atom stereocenters. The van der Waals surface area contributed by atoms with Crippen molar-refractivity contribution in [3.63, 3.8) is 0 Å². The molecule has 2 atom stereocenters. The van der Waals surface area contributed by atoms with Crippen LogP contribution in [0.5, 0.6) is 0 Å². The number of hydrogen-bond acceptors (Lipinski definition) is 3. The smallest absolute Gasteiger partial charge is 0.316 e. The van der Waals surface area contributed by atoms with E-state index in [0.29, 0.717) is 11.7 Å². The molecule has 0 aliphatic carbocycles. The van der Waals surface area contributed by atoms with Gasteiger partial charge in [0.05, 0.1) is 11.4 Å². The Morgan fingerprint density at radius 1 is 1.69 bits per heavy atom. The third-order valence-corrected chi connectivity index (χ3v) is 3.49. The first-order valence-corrected chi connectivity index (χ1v) is 6.62. The lowest BCUT2D eigenvalue weighted by Crippen LogP contribution is -2.11. The molecule has 1 aromatic heterocycles. The minimum Gasteiger partial charge on any atom is -0.481 e. The molecule has 0 radical (unpaired) electrons. The maximum absolute atomic E-state index is 11.4. The fourth-order valence-corrected chi connectivity index (χ4v) is 2.10. The van der Waals surface area contributed by atoms with Crippen LogP contribution in [0.15, 0.2) is 12.3 Å². The monoisotopic (exact) mass is 244 g/mol. The van der Waals surface area contributed by atoms with E-state index in [2.05, 4.69) is 12.0 Å². The first-order chi connectivity index (χ1) is 7.52. The largest absolute Gasteiger partial charge is 0.481 e. The van der Waals surface area contributed by atoms with E-state index in [-0.39, 0.29) is 11.5 Å². The van der Waals surface area contributed by atoms with Gasteiger partial charge in [0, 0.05) is 23.0 Å². The quantitative estimate of drug-likeness (QED) is 0.815. The summed E-state index contributed by atoms with van der Waals surface area (Å²) in [7, 11) is -1.38. The van der Waals surface area contributed by atoms with Gasteiger partial charge in [-0.2, -0.15) is 5.10 Å². The van der Waals surface area contributed by atoms with Crippen LogP contribution in [0, 0.1) is 0 Å². The third kappa shape index (κ3) is 3.77. The number of nitrogens with zero attached hydrogens (tertiary/aromatic N) is 2. The second-order valence-electron chi connectivity index (χ2n) is 3.67. The molecule has 0 saturated carbocycles. The average molecular weight is 244 g/mol. The second kappa shape index (κ2) is 5.79. The molecule has 1 aromatic rings. The van der Waals surface area contributed by atoms with Crippen LogP contribution < -0.4 is 0 Å². The van der Waals surface area contributed by atoms with Crippen molar-refractivity contribution in [2.45, 2.75) is 32.1 Å². The van der Waals surface area contributed by atoms with Gasteiger partial charge in [-0.1, -0.05) is 6.92 Å². The molecule has 0 spiro atoms. The molecule has 0 aromatic carbocycles. The number of carbonyl (C=O) groups is 1. The van der Waals surface area contributed by atoms with Crippen LogP contribution in [0.1, 0.15) is 32.0 Å². The van der Waals surface area contributed by atoms with Gasteiger partial charge in [0.15, 0.2) is 0 Å². The number of aliphatic carboxylic acids is 1. The highest BCUT2D eigenvalue weighted by Gasteiger charge is 2.10. The van der Waals surface area contributed by atoms with Crippen LogP contribution in [-0.4, -0.2) is 30.8 Å². The summed E-state index contributed by atoms with van der Waals surface area (Å²) in [6.07, 6.45) is 2.81. The molecule has 90 valence electrons. The molecule has 0 fully saturated rings. The van der Waals surface area contributed by atoms with E-state index < -0.39 is 16.8 Å². The summed E-state index contributed by atoms with van der Waals surface area (Å²) in [6, 6.07) is 2.09. The SMILES string of the molecule is CCC(C)n1ccc(CS(=O)CC(=O)O)n1. The average Bonchev–Trinajstić information content (AvgIpc) is 2.63. The molecule has 0 aliphatic rings. The summed E-state index contributed by atoms with van der Waals surface area (Å²) < 4.78 is 13.2. The Morgan fingerprint density at radius 3 is 2.94 bits per heavy atom. The van der Waals surface area contributed by atoms with Gasteiger partial charge in [-0.15, -0.1) is 0 Å². The normalized spacial score (nSPS) is 14.6. The van der Waals surface area contributed by atoms with Crippen molar-refractivity contribution in [3.8, 4) is 0 Å². The second-order valence-corrected chi connectivity index (χ2v) is 5.12. The first kappa shape index (κ1) is 12.9. The van der Waals surface area contributed by atoms with Crippen molar-refractivity contribution in [2.75, 3.05) is 5.75 Å². The highest BCUT2D eigenvalue weighted by Crippen LogP contribution is 2.10. The number of carboxylic acids is 1. The van der Waals surface area contributed by atoms with Gasteiger partial charge < -0.3 is 5.11 Å². The lowest BCUT2D eigenvalue weighted by molar-refractivity contribution is -0.133. The zero-order valence-electron chi connectivity index (χ0n) is 9.42. The lowest BCUT2D eigenvalue weighted by Gasteiger charge is -2.07. The molecule has 1 N–H and O–H groups in total. The van der Waals surface area contributed by atoms with Gasteiger partial charge in [0.1, 0.15) is 5.75 Å². The van der Waals surface area contributed by atoms with Crippen LogP contribution in [0.25, 0.3) is 0 Å². The van der Waals surface area contributed by atoms with E-state index in [1.165, 1.54) is 0 Å². The Kier molecular flexibility index (Phi) is 4.67. The van der Waals surface area contributed by atoms with Gasteiger partial charge in [-0.25, -0.2) is 0 Å². The molecule has 0 bridgehead atoms. The van der Waals surface area contributed by atoms with E-state index in [1.54, 1.807) is 6.07 Å². The van der Waals surface area contributed by atoms with Crippen molar-refractivity contribution in [1.29, 1.82) is 0 Å². The molecule has 0 saturated heterocycles. The van der Waals surface area contributed by atoms with E-state index in [1.807, 2.05) is 17.8 Å². The van der Waals surface area contributed by atoms with Crippen molar-refractivity contribution >= 4 is 16.8 Å². The molecule has 1 rings (SSSR count). The number of aromatic nitrogens is 2. The summed E-state index contributed by atoms with van der Waals surface area (Å²) in [5.41, 5.74) is 0.680. The predicted molar refractivity (Wildman–Crippen MR) is 61.6 cm³/mol. The summed E-state index contributed by atoms with van der Waals surface area (Å²) >= 11 is 0. The highest BCUT2D eigenvalue weighted by molar-refractivity contribution is 7.84. The molecule has 16 heavy (non-hydrogen) atoms. The van der Waals surface area contributed by atoms with Crippen LogP contribution >= 0.6 is 0 Å². The lowest BCUT2D eigenvalue weighted by atomic mass is 10.3. The Morgan fingerprint density at radius 2 is 2.38 bits per heavy atom. The van der Waals surface area contributed by atoms with Crippen LogP contribution in [0.4, 0.5) is 0 Å². The summed E-state index contributed by atoms with van der Waals surface area (Å²) in [6.45, 7) is 4.11. The molecule has 0 amide bonds. The molecule has 6 heteroatoms. The minimum absolute atomic E-state index is 0.204. The summed E-state index contributed by atoms with van der Waals surface area (Å²) in [5, 5.41) is 12.7. The number of carboxylic acid groups (broad SMARTS) is 1. The Hall–Kier alpha value is -1.17. The fourth-order valence-electron chi connectivity index (χ4n) is 1.24. The summed E-state index contributed by atoms with van der Waals surface area (Å²) in [5.74, 6) is -1.16. The molecule has 0 aliphatic heterocycles. The predicted octanol–water partition coefficient (Wildman–Crippen LogP) is 1.19. The topological polar surface area (TPSA) is 72.2 Å². The Bertz CT molecular complexity index is 389. The van der Waals surface area contributed by atoms with Gasteiger partial charge >= 0.3 is 5.97 Å². The van der Waals surface area contributed by atoms with Crippen molar-refractivity contribution in [2.24, 2.45) is 0 Å². The molecule has 1 heterocycles. The van der Waals surface area contributed by atoms with E-state index in [4.69, 9.17) is 5.11 Å². The van der Waals surface area contributed by atoms with Crippen molar-refractivity contribution in [3.05, 3.63) is 18.0 Å². The molecular weight excluding hydrogens is 228 g/mol. The number of hydrogen-bond donors (Lipinski definition) is 1. The van der Waals surface area contributed by atoms with E-state index in [0.717, 1.165) is 6.42 Å². The molecular formula is C10H16N2O3S. The van der Waals surface area contributed by atoms with E-state index >= 15 is 0 Å².